The van der Waals surface area contributed by atoms with Crippen molar-refractivity contribution in [2.45, 2.75) is 32.6 Å². The molecule has 31 heavy (non-hydrogen) atoms. The zero-order valence-electron chi connectivity index (χ0n) is 18.0. The molecule has 4 heterocycles. The first-order chi connectivity index (χ1) is 14.7. The molecule has 0 atom stereocenters. The monoisotopic (exact) mass is 459 g/mol. The van der Waals surface area contributed by atoms with E-state index >= 15 is 0 Å². The number of carbonyl (C=O) groups excluding carboxylic acids is 1. The van der Waals surface area contributed by atoms with Crippen LogP contribution >= 0.6 is 11.3 Å². The molecule has 164 valence electrons. The fraction of sp³-hybridized carbons (Fsp3) is 0.381. The van der Waals surface area contributed by atoms with E-state index in [9.17, 15) is 13.2 Å². The summed E-state index contributed by atoms with van der Waals surface area (Å²) in [6, 6.07) is 7.20. The highest BCUT2D eigenvalue weighted by Crippen LogP contribution is 2.28. The average molecular weight is 460 g/mol. The molecule has 0 spiro atoms. The lowest BCUT2D eigenvalue weighted by Crippen LogP contribution is -2.50. The Balaban J connectivity index is 1.43. The molecule has 0 saturated carbocycles. The smallest absolute Gasteiger partial charge is 0.255 e. The highest BCUT2D eigenvalue weighted by molar-refractivity contribution is 7.89. The second-order valence-corrected chi connectivity index (χ2v) is 11.1. The van der Waals surface area contributed by atoms with Gasteiger partial charge in [-0.05, 0) is 52.0 Å². The zero-order valence-corrected chi connectivity index (χ0v) is 19.6. The third-order valence-corrected chi connectivity index (χ3v) is 8.48. The molecule has 1 aliphatic rings. The van der Waals surface area contributed by atoms with Gasteiger partial charge in [0, 0.05) is 47.8 Å². The van der Waals surface area contributed by atoms with Crippen molar-refractivity contribution >= 4 is 27.3 Å². The van der Waals surface area contributed by atoms with E-state index in [0.29, 0.717) is 29.4 Å². The lowest BCUT2D eigenvalue weighted by Gasteiger charge is -2.34. The standard InChI is InChI=1S/C21H25N5O3S2/c1-14-11-15(2)26(23-14)20-6-5-18(13-22-20)21(27)24-7-9-25(10-8-24)31(28,29)19-12-16(3)30-17(19)4/h5-6,11-13H,7-10H2,1-4H3. The first-order valence-electron chi connectivity index (χ1n) is 10.0. The number of thiophene rings is 1. The van der Waals surface area contributed by atoms with Gasteiger partial charge in [0.05, 0.1) is 16.2 Å². The zero-order chi connectivity index (χ0) is 22.3. The molecule has 10 heteroatoms. The van der Waals surface area contributed by atoms with Crippen molar-refractivity contribution in [2.24, 2.45) is 0 Å². The minimum absolute atomic E-state index is 0.146. The maximum Gasteiger partial charge on any atom is 0.255 e. The van der Waals surface area contributed by atoms with Gasteiger partial charge in [0.2, 0.25) is 10.0 Å². The van der Waals surface area contributed by atoms with Gasteiger partial charge in [-0.25, -0.2) is 18.1 Å². The lowest BCUT2D eigenvalue weighted by molar-refractivity contribution is 0.0697. The van der Waals surface area contributed by atoms with Gasteiger partial charge in [-0.15, -0.1) is 11.3 Å². The number of aromatic nitrogens is 3. The van der Waals surface area contributed by atoms with E-state index in [0.717, 1.165) is 21.1 Å². The number of piperazine rings is 1. The number of pyridine rings is 1. The molecule has 0 unspecified atom stereocenters. The van der Waals surface area contributed by atoms with E-state index in [-0.39, 0.29) is 19.0 Å². The van der Waals surface area contributed by atoms with Crippen molar-refractivity contribution in [3.63, 3.8) is 0 Å². The molecule has 1 amide bonds. The second-order valence-electron chi connectivity index (χ2n) is 7.72. The van der Waals surface area contributed by atoms with Gasteiger partial charge in [0.1, 0.15) is 0 Å². The van der Waals surface area contributed by atoms with Crippen LogP contribution in [0.5, 0.6) is 0 Å². The number of nitrogens with zero attached hydrogens (tertiary/aromatic N) is 5. The van der Waals surface area contributed by atoms with Crippen molar-refractivity contribution < 1.29 is 13.2 Å². The predicted octanol–water partition coefficient (Wildman–Crippen LogP) is 2.71. The highest BCUT2D eigenvalue weighted by Gasteiger charge is 2.32. The molecule has 0 bridgehead atoms. The van der Waals surface area contributed by atoms with Crippen molar-refractivity contribution in [2.75, 3.05) is 26.2 Å². The number of carbonyl (C=O) groups is 1. The van der Waals surface area contributed by atoms with Gasteiger partial charge in [-0.2, -0.15) is 9.40 Å². The average Bonchev–Trinajstić information content (AvgIpc) is 3.27. The summed E-state index contributed by atoms with van der Waals surface area (Å²) in [7, 11) is -3.54. The Kier molecular flexibility index (Phi) is 5.71. The molecule has 1 saturated heterocycles. The van der Waals surface area contributed by atoms with E-state index in [1.165, 1.54) is 15.6 Å². The number of rotatable bonds is 4. The van der Waals surface area contributed by atoms with Crippen LogP contribution in [-0.2, 0) is 10.0 Å². The molecular formula is C21H25N5O3S2. The van der Waals surface area contributed by atoms with Crippen LogP contribution in [0.25, 0.3) is 5.82 Å². The quantitative estimate of drug-likeness (QED) is 0.599. The van der Waals surface area contributed by atoms with Crippen LogP contribution in [0.3, 0.4) is 0 Å². The SMILES string of the molecule is Cc1cc(C)n(-c2ccc(C(=O)N3CCN(S(=O)(=O)c4cc(C)sc4C)CC3)cn2)n1. The van der Waals surface area contributed by atoms with Crippen LogP contribution in [0.1, 0.15) is 31.5 Å². The Hall–Kier alpha value is -2.56. The second kappa shape index (κ2) is 8.18. The summed E-state index contributed by atoms with van der Waals surface area (Å²) >= 11 is 1.48. The van der Waals surface area contributed by atoms with Gasteiger partial charge in [0.15, 0.2) is 5.82 Å². The van der Waals surface area contributed by atoms with Crippen LogP contribution < -0.4 is 0 Å². The third-order valence-electron chi connectivity index (χ3n) is 5.36. The van der Waals surface area contributed by atoms with Gasteiger partial charge < -0.3 is 4.90 Å². The number of hydrogen-bond donors (Lipinski definition) is 0. The maximum atomic E-state index is 13.0. The van der Waals surface area contributed by atoms with E-state index in [2.05, 4.69) is 10.1 Å². The van der Waals surface area contributed by atoms with Crippen LogP contribution in [-0.4, -0.2) is 64.5 Å². The molecular weight excluding hydrogens is 434 g/mol. The Morgan fingerprint density at radius 1 is 1.03 bits per heavy atom. The summed E-state index contributed by atoms with van der Waals surface area (Å²) in [5, 5.41) is 4.41. The first kappa shape index (κ1) is 21.7. The number of aryl methyl sites for hydroxylation is 4. The van der Waals surface area contributed by atoms with Crippen LogP contribution in [0, 0.1) is 27.7 Å². The normalized spacial score (nSPS) is 15.4. The van der Waals surface area contributed by atoms with E-state index in [4.69, 9.17) is 0 Å². The molecule has 0 aliphatic carbocycles. The van der Waals surface area contributed by atoms with Gasteiger partial charge in [-0.3, -0.25) is 4.79 Å². The highest BCUT2D eigenvalue weighted by atomic mass is 32.2. The molecule has 1 fully saturated rings. The fourth-order valence-electron chi connectivity index (χ4n) is 3.82. The van der Waals surface area contributed by atoms with Gasteiger partial charge >= 0.3 is 0 Å². The molecule has 4 rings (SSSR count). The molecule has 1 aliphatic heterocycles. The summed E-state index contributed by atoms with van der Waals surface area (Å²) in [5.74, 6) is 0.506. The first-order valence-corrected chi connectivity index (χ1v) is 12.3. The Labute approximate surface area is 186 Å². The molecule has 0 aromatic carbocycles. The van der Waals surface area contributed by atoms with Crippen LogP contribution in [0.4, 0.5) is 0 Å². The third kappa shape index (κ3) is 4.15. The van der Waals surface area contributed by atoms with Gasteiger partial charge in [-0.1, -0.05) is 0 Å². The fourth-order valence-corrected chi connectivity index (χ4v) is 6.76. The summed E-state index contributed by atoms with van der Waals surface area (Å²) < 4.78 is 29.2. The van der Waals surface area contributed by atoms with Crippen LogP contribution in [0.15, 0.2) is 35.4 Å². The van der Waals surface area contributed by atoms with E-state index < -0.39 is 10.0 Å². The number of sulfonamides is 1. The molecule has 0 radical (unpaired) electrons. The van der Waals surface area contributed by atoms with Crippen molar-refractivity contribution in [3.8, 4) is 5.82 Å². The molecule has 3 aromatic rings. The Morgan fingerprint density at radius 2 is 1.74 bits per heavy atom. The summed E-state index contributed by atoms with van der Waals surface area (Å²) in [5.41, 5.74) is 2.35. The number of amides is 1. The minimum atomic E-state index is -3.54. The lowest BCUT2D eigenvalue weighted by atomic mass is 10.2. The van der Waals surface area contributed by atoms with E-state index in [1.54, 1.807) is 34.0 Å². The molecule has 0 N–H and O–H groups in total. The van der Waals surface area contributed by atoms with E-state index in [1.807, 2.05) is 33.8 Å². The number of hydrogen-bond acceptors (Lipinski definition) is 6. The Morgan fingerprint density at radius 3 is 2.26 bits per heavy atom. The maximum absolute atomic E-state index is 13.0. The van der Waals surface area contributed by atoms with Gasteiger partial charge in [0.25, 0.3) is 5.91 Å². The summed E-state index contributed by atoms with van der Waals surface area (Å²) in [6.45, 7) is 8.85. The predicted molar refractivity (Wildman–Crippen MR) is 119 cm³/mol. The largest absolute Gasteiger partial charge is 0.336 e. The van der Waals surface area contributed by atoms with Crippen molar-refractivity contribution in [1.29, 1.82) is 0 Å². The summed E-state index contributed by atoms with van der Waals surface area (Å²) in [4.78, 5) is 21.1. The summed E-state index contributed by atoms with van der Waals surface area (Å²) in [6.07, 6.45) is 1.55. The van der Waals surface area contributed by atoms with Crippen molar-refractivity contribution in [3.05, 3.63) is 57.2 Å². The molecule has 3 aromatic heterocycles. The van der Waals surface area contributed by atoms with Crippen LogP contribution in [0.2, 0.25) is 0 Å². The topological polar surface area (TPSA) is 88.4 Å². The minimum Gasteiger partial charge on any atom is -0.336 e. The Bertz CT molecular complexity index is 1220. The van der Waals surface area contributed by atoms with Crippen molar-refractivity contribution in [1.82, 2.24) is 24.0 Å². The molecule has 8 nitrogen and oxygen atoms in total.